The van der Waals surface area contributed by atoms with Crippen molar-refractivity contribution in [1.82, 2.24) is 24.6 Å². The Morgan fingerprint density at radius 1 is 1.25 bits per heavy atom. The van der Waals surface area contributed by atoms with Gasteiger partial charge in [0.15, 0.2) is 0 Å². The van der Waals surface area contributed by atoms with Gasteiger partial charge in [0.2, 0.25) is 0 Å². The Hall–Kier alpha value is -1.99. The van der Waals surface area contributed by atoms with E-state index in [2.05, 4.69) is 35.6 Å². The molecule has 148 valence electrons. The number of rotatable bonds is 6. The summed E-state index contributed by atoms with van der Waals surface area (Å²) in [6.07, 6.45) is 11.5. The summed E-state index contributed by atoms with van der Waals surface area (Å²) in [5, 5.41) is 9.36. The van der Waals surface area contributed by atoms with Crippen LogP contribution in [0.25, 0.3) is 10.2 Å². The number of likely N-dealkylation sites (N-methyl/N-ethyl adjacent to an activating group) is 1. The van der Waals surface area contributed by atoms with Gasteiger partial charge in [0.25, 0.3) is 0 Å². The minimum Gasteiger partial charge on any atom is -0.367 e. The minimum atomic E-state index is 0.248. The molecule has 0 radical (unpaired) electrons. The van der Waals surface area contributed by atoms with Gasteiger partial charge >= 0.3 is 0 Å². The van der Waals surface area contributed by atoms with E-state index in [4.69, 9.17) is 9.97 Å². The second kappa shape index (κ2) is 7.12. The van der Waals surface area contributed by atoms with Crippen LogP contribution in [0.15, 0.2) is 12.4 Å². The monoisotopic (exact) mass is 396 g/mol. The molecule has 3 aromatic heterocycles. The van der Waals surface area contributed by atoms with Gasteiger partial charge in [-0.15, -0.1) is 11.3 Å². The second-order valence-corrected chi connectivity index (χ2v) is 9.49. The normalized spacial score (nSPS) is 17.9. The minimum absolute atomic E-state index is 0.248. The van der Waals surface area contributed by atoms with Crippen LogP contribution < -0.4 is 5.32 Å². The summed E-state index contributed by atoms with van der Waals surface area (Å²) in [6.45, 7) is 0.805. The van der Waals surface area contributed by atoms with Gasteiger partial charge in [-0.1, -0.05) is 0 Å². The maximum atomic E-state index is 5.02. The number of aromatic nitrogens is 4. The number of thiophene rings is 1. The third-order valence-electron chi connectivity index (χ3n) is 5.97. The lowest BCUT2D eigenvalue weighted by molar-refractivity contribution is 0.311. The summed E-state index contributed by atoms with van der Waals surface area (Å²) in [6, 6.07) is 0.248. The first-order valence-electron chi connectivity index (χ1n) is 10.3. The molecule has 0 bridgehead atoms. The fourth-order valence-electron chi connectivity index (χ4n) is 4.23. The van der Waals surface area contributed by atoms with Crippen LogP contribution in [0.1, 0.15) is 59.5 Å². The smallest absolute Gasteiger partial charge is 0.138 e. The molecule has 0 aromatic carbocycles. The molecular formula is C21H28N6S. The first kappa shape index (κ1) is 18.1. The molecular weight excluding hydrogens is 368 g/mol. The molecule has 3 aromatic rings. The third-order valence-corrected chi connectivity index (χ3v) is 7.16. The quantitative estimate of drug-likeness (QED) is 0.685. The summed E-state index contributed by atoms with van der Waals surface area (Å²) in [5.41, 5.74) is 2.72. The van der Waals surface area contributed by atoms with Gasteiger partial charge in [-0.05, 0) is 58.2 Å². The van der Waals surface area contributed by atoms with Crippen molar-refractivity contribution in [2.45, 2.75) is 50.5 Å². The molecule has 1 atom stereocenters. The standard InChI is InChI=1S/C21H28N6S/c1-26(2)16(14-10-23-27(3)12-14)11-22-20-18-15-6-4-5-7-17(15)28-21(18)25-19(24-20)13-8-9-13/h10,12-13,16H,4-9,11H2,1-3H3,(H,22,24,25). The predicted octanol–water partition coefficient (Wildman–Crippen LogP) is 3.90. The van der Waals surface area contributed by atoms with Gasteiger partial charge in [0, 0.05) is 36.1 Å². The van der Waals surface area contributed by atoms with Crippen molar-refractivity contribution >= 4 is 27.4 Å². The number of hydrogen-bond acceptors (Lipinski definition) is 6. The van der Waals surface area contributed by atoms with Gasteiger partial charge < -0.3 is 10.2 Å². The highest BCUT2D eigenvalue weighted by Gasteiger charge is 2.29. The van der Waals surface area contributed by atoms with Gasteiger partial charge in [-0.3, -0.25) is 4.68 Å². The molecule has 0 aliphatic heterocycles. The van der Waals surface area contributed by atoms with Gasteiger partial charge in [-0.25, -0.2) is 9.97 Å². The number of hydrogen-bond donors (Lipinski definition) is 1. The van der Waals surface area contributed by atoms with Crippen molar-refractivity contribution in [2.75, 3.05) is 26.0 Å². The van der Waals surface area contributed by atoms with Crippen molar-refractivity contribution in [3.63, 3.8) is 0 Å². The molecule has 0 amide bonds. The van der Waals surface area contributed by atoms with Crippen molar-refractivity contribution in [1.29, 1.82) is 0 Å². The molecule has 3 heterocycles. The molecule has 7 heteroatoms. The molecule has 6 nitrogen and oxygen atoms in total. The van der Waals surface area contributed by atoms with Crippen molar-refractivity contribution in [2.24, 2.45) is 7.05 Å². The predicted molar refractivity (Wildman–Crippen MR) is 114 cm³/mol. The van der Waals surface area contributed by atoms with Crippen LogP contribution >= 0.6 is 11.3 Å². The van der Waals surface area contributed by atoms with E-state index in [0.717, 1.165) is 24.6 Å². The summed E-state index contributed by atoms with van der Waals surface area (Å²) >= 11 is 1.90. The molecule has 0 spiro atoms. The third kappa shape index (κ3) is 3.31. The lowest BCUT2D eigenvalue weighted by atomic mass is 9.97. The van der Waals surface area contributed by atoms with Crippen LogP contribution in [-0.2, 0) is 19.9 Å². The zero-order valence-electron chi connectivity index (χ0n) is 16.9. The Balaban J connectivity index is 1.51. The maximum Gasteiger partial charge on any atom is 0.138 e. The number of fused-ring (bicyclic) bond motifs is 3. The summed E-state index contributed by atoms with van der Waals surface area (Å²) in [5.74, 6) is 2.64. The first-order chi connectivity index (χ1) is 13.6. The fourth-order valence-corrected chi connectivity index (χ4v) is 5.50. The zero-order chi connectivity index (χ0) is 19.3. The van der Waals surface area contributed by atoms with Crippen molar-refractivity contribution in [3.8, 4) is 0 Å². The van der Waals surface area contributed by atoms with E-state index in [1.807, 2.05) is 29.3 Å². The fraction of sp³-hybridized carbons (Fsp3) is 0.571. The molecule has 1 fully saturated rings. The van der Waals surface area contributed by atoms with Gasteiger partial charge in [-0.2, -0.15) is 5.10 Å². The molecule has 1 unspecified atom stereocenters. The van der Waals surface area contributed by atoms with E-state index >= 15 is 0 Å². The van der Waals surface area contributed by atoms with Crippen LogP contribution in [0.2, 0.25) is 0 Å². The van der Waals surface area contributed by atoms with Crippen molar-refractivity contribution in [3.05, 3.63) is 34.2 Å². The zero-order valence-corrected chi connectivity index (χ0v) is 17.7. The van der Waals surface area contributed by atoms with Crippen molar-refractivity contribution < 1.29 is 0 Å². The average molecular weight is 397 g/mol. The van der Waals surface area contributed by atoms with E-state index in [1.54, 1.807) is 0 Å². The largest absolute Gasteiger partial charge is 0.367 e. The second-order valence-electron chi connectivity index (χ2n) is 8.40. The van der Waals surface area contributed by atoms with E-state index in [-0.39, 0.29) is 6.04 Å². The topological polar surface area (TPSA) is 58.9 Å². The van der Waals surface area contributed by atoms with Gasteiger partial charge in [0.1, 0.15) is 16.5 Å². The highest BCUT2D eigenvalue weighted by atomic mass is 32.1. The number of aryl methyl sites for hydroxylation is 3. The van der Waals surface area contributed by atoms with Crippen LogP contribution in [0.4, 0.5) is 5.82 Å². The highest BCUT2D eigenvalue weighted by molar-refractivity contribution is 7.19. The van der Waals surface area contributed by atoms with Crippen LogP contribution in [-0.4, -0.2) is 45.3 Å². The maximum absolute atomic E-state index is 5.02. The Morgan fingerprint density at radius 3 is 2.79 bits per heavy atom. The molecule has 28 heavy (non-hydrogen) atoms. The molecule has 1 N–H and O–H groups in total. The molecule has 1 saturated carbocycles. The lowest BCUT2D eigenvalue weighted by Crippen LogP contribution is -2.27. The van der Waals surface area contributed by atoms with Gasteiger partial charge in [0.05, 0.1) is 17.6 Å². The molecule has 5 rings (SSSR count). The number of anilines is 1. The Morgan fingerprint density at radius 2 is 2.07 bits per heavy atom. The Kier molecular flexibility index (Phi) is 4.59. The Labute approximate surface area is 170 Å². The Bertz CT molecular complexity index is 1000. The van der Waals surface area contributed by atoms with E-state index in [9.17, 15) is 0 Å². The molecule has 2 aliphatic carbocycles. The first-order valence-corrected chi connectivity index (χ1v) is 11.1. The summed E-state index contributed by atoms with van der Waals surface area (Å²) < 4.78 is 1.87. The van der Waals surface area contributed by atoms with Crippen LogP contribution in [0.3, 0.4) is 0 Å². The number of nitrogens with one attached hydrogen (secondary N) is 1. The summed E-state index contributed by atoms with van der Waals surface area (Å²) in [7, 11) is 6.21. The van der Waals surface area contributed by atoms with E-state index in [0.29, 0.717) is 5.92 Å². The molecule has 2 aliphatic rings. The number of nitrogens with zero attached hydrogens (tertiary/aromatic N) is 5. The van der Waals surface area contributed by atoms with Crippen LogP contribution in [0.5, 0.6) is 0 Å². The average Bonchev–Trinajstić information content (AvgIpc) is 3.34. The van der Waals surface area contributed by atoms with E-state index < -0.39 is 0 Å². The lowest BCUT2D eigenvalue weighted by Gasteiger charge is -2.24. The highest BCUT2D eigenvalue weighted by Crippen LogP contribution is 2.43. The summed E-state index contributed by atoms with van der Waals surface area (Å²) in [4.78, 5) is 15.0. The van der Waals surface area contributed by atoms with E-state index in [1.165, 1.54) is 58.3 Å². The SMILES string of the molecule is CN(C)C(CNc1nc(C2CC2)nc2sc3c(c12)CCCC3)c1cnn(C)c1. The van der Waals surface area contributed by atoms with Crippen LogP contribution in [0, 0.1) is 0 Å². The molecule has 0 saturated heterocycles.